The first-order chi connectivity index (χ1) is 33.0. The van der Waals surface area contributed by atoms with Gasteiger partial charge >= 0.3 is 18.0 Å². The van der Waals surface area contributed by atoms with Crippen LogP contribution in [0.4, 0.5) is 46.5 Å². The number of carbonyl (C=O) groups excluding carboxylic acids is 3. The van der Waals surface area contributed by atoms with E-state index in [0.29, 0.717) is 61.2 Å². The molecule has 0 radical (unpaired) electrons. The van der Waals surface area contributed by atoms with E-state index in [2.05, 4.69) is 118 Å². The SMILES string of the molecule is C=CC(=O)OCCCNc1nc(Nc2ccc3c(c2)NC(=O)C3)nc(C(C)(C)C)n1.CCN(CC)c1nc(Nc2ccc3c(c2)NC(=O)C3)nc(C(C)(C)C)n1.COc1nc(OC)nc(C(C)(C)C)n1. The molecule has 0 spiro atoms. The van der Waals surface area contributed by atoms with Crippen molar-refractivity contribution in [3.8, 4) is 12.0 Å². The van der Waals surface area contributed by atoms with Crippen LogP contribution in [0.3, 0.4) is 0 Å². The number of benzene rings is 2. The average molecular weight is 962 g/mol. The molecule has 5 aromatic rings. The van der Waals surface area contributed by atoms with E-state index in [4.69, 9.17) is 14.2 Å². The van der Waals surface area contributed by atoms with Crippen molar-refractivity contribution in [1.82, 2.24) is 44.9 Å². The number of nitrogens with one attached hydrogen (secondary N) is 5. The van der Waals surface area contributed by atoms with E-state index in [1.807, 2.05) is 77.9 Å². The van der Waals surface area contributed by atoms with Crippen LogP contribution in [-0.2, 0) is 48.2 Å². The molecule has 0 atom stereocenters. The number of hydrogen-bond acceptors (Lipinski definition) is 19. The van der Waals surface area contributed by atoms with Crippen LogP contribution >= 0.6 is 0 Å². The minimum atomic E-state index is -0.442. The lowest BCUT2D eigenvalue weighted by Gasteiger charge is -2.23. The Balaban J connectivity index is 0.000000208. The van der Waals surface area contributed by atoms with Crippen molar-refractivity contribution in [2.75, 3.05) is 71.9 Å². The lowest BCUT2D eigenvalue weighted by atomic mass is 9.96. The number of anilines is 8. The lowest BCUT2D eigenvalue weighted by Crippen LogP contribution is -2.27. The van der Waals surface area contributed by atoms with Crippen LogP contribution in [0.1, 0.15) is 111 Å². The molecule has 21 nitrogen and oxygen atoms in total. The second-order valence-electron chi connectivity index (χ2n) is 19.2. The highest BCUT2D eigenvalue weighted by Crippen LogP contribution is 2.30. The number of nitrogens with zero attached hydrogens (tertiary/aromatic N) is 10. The smallest absolute Gasteiger partial charge is 0.330 e. The Hall–Kier alpha value is -7.58. The highest BCUT2D eigenvalue weighted by atomic mass is 16.5. The molecule has 2 aliphatic rings. The minimum absolute atomic E-state index is 0.0115. The van der Waals surface area contributed by atoms with Crippen LogP contribution in [-0.4, -0.2) is 103 Å². The van der Waals surface area contributed by atoms with Gasteiger partial charge in [0.2, 0.25) is 35.6 Å². The van der Waals surface area contributed by atoms with E-state index in [1.165, 1.54) is 14.2 Å². The molecule has 0 unspecified atom stereocenters. The van der Waals surface area contributed by atoms with Gasteiger partial charge in [0.25, 0.3) is 0 Å². The molecule has 21 heteroatoms. The molecule has 5 heterocycles. The van der Waals surface area contributed by atoms with E-state index in [1.54, 1.807) is 0 Å². The summed E-state index contributed by atoms with van der Waals surface area (Å²) < 4.78 is 14.9. The van der Waals surface area contributed by atoms with Crippen LogP contribution in [0, 0.1) is 0 Å². The maximum Gasteiger partial charge on any atom is 0.330 e. The van der Waals surface area contributed by atoms with Crippen LogP contribution in [0.15, 0.2) is 49.1 Å². The summed E-state index contributed by atoms with van der Waals surface area (Å²) in [7, 11) is 3.03. The van der Waals surface area contributed by atoms with Gasteiger partial charge in [0.1, 0.15) is 17.5 Å². The number of fused-ring (bicyclic) bond motifs is 2. The number of rotatable bonds is 15. The summed E-state index contributed by atoms with van der Waals surface area (Å²) in [6.07, 6.45) is 2.56. The van der Waals surface area contributed by atoms with Gasteiger partial charge in [0.05, 0.1) is 33.7 Å². The quantitative estimate of drug-likeness (QED) is 0.0389. The van der Waals surface area contributed by atoms with Crippen molar-refractivity contribution in [2.45, 2.75) is 112 Å². The standard InChI is InChI=1S/C21H26N6O3.C19H26N6O.C9H15N3O2/c1-5-17(29)30-10-6-9-22-19-25-18(21(2,3)4)26-20(27-19)23-14-8-7-13-11-16(28)24-15(13)12-14;1-6-25(7-2)18-23-16(19(3,4)5)22-17(24-18)20-13-9-8-12-10-15(26)21-14(12)11-13;1-9(2,3)6-10-7(13-4)12-8(11-6)14-5/h5,7-8,12H,1,6,9-11H2,2-4H3,(H,24,28)(H2,22,23,25,26,27);8-9,11H,6-7,10H2,1-5H3,(H,21,26)(H,20,22,23,24);1-5H3. The van der Waals surface area contributed by atoms with E-state index < -0.39 is 5.97 Å². The average Bonchev–Trinajstić information content (AvgIpc) is 3.88. The second kappa shape index (κ2) is 23.1. The molecule has 70 heavy (non-hydrogen) atoms. The van der Waals surface area contributed by atoms with Crippen molar-refractivity contribution in [3.05, 3.63) is 77.7 Å². The molecule has 0 saturated heterocycles. The molecular weight excluding hydrogens is 895 g/mol. The summed E-state index contributed by atoms with van der Waals surface area (Å²) in [6.45, 7) is 28.4. The summed E-state index contributed by atoms with van der Waals surface area (Å²) >= 11 is 0. The third kappa shape index (κ3) is 15.2. The zero-order valence-electron chi connectivity index (χ0n) is 42.6. The minimum Gasteiger partial charge on any atom is -0.467 e. The van der Waals surface area contributed by atoms with Crippen LogP contribution < -0.4 is 41.0 Å². The number of ether oxygens (including phenoxy) is 3. The maximum atomic E-state index is 11.6. The third-order valence-electron chi connectivity index (χ3n) is 10.3. The zero-order chi connectivity index (χ0) is 51.4. The Morgan fingerprint density at radius 1 is 0.657 bits per heavy atom. The van der Waals surface area contributed by atoms with Crippen molar-refractivity contribution in [1.29, 1.82) is 0 Å². The highest BCUT2D eigenvalue weighted by molar-refractivity contribution is 6.00. The van der Waals surface area contributed by atoms with Crippen molar-refractivity contribution < 1.29 is 28.6 Å². The maximum absolute atomic E-state index is 11.6. The summed E-state index contributed by atoms with van der Waals surface area (Å²) in [5, 5.41) is 15.3. The molecule has 2 aromatic carbocycles. The van der Waals surface area contributed by atoms with Gasteiger partial charge in [-0.1, -0.05) is 81.0 Å². The molecule has 2 amide bonds. The fourth-order valence-electron chi connectivity index (χ4n) is 6.45. The summed E-state index contributed by atoms with van der Waals surface area (Å²) in [6, 6.07) is 12.0. The fourth-order valence-corrected chi connectivity index (χ4v) is 6.45. The first-order valence-corrected chi connectivity index (χ1v) is 23.1. The van der Waals surface area contributed by atoms with Crippen molar-refractivity contribution in [3.63, 3.8) is 0 Å². The Kier molecular flexibility index (Phi) is 17.7. The van der Waals surface area contributed by atoms with Crippen LogP contribution in [0.25, 0.3) is 0 Å². The molecule has 7 rings (SSSR count). The lowest BCUT2D eigenvalue weighted by molar-refractivity contribution is -0.137. The highest BCUT2D eigenvalue weighted by Gasteiger charge is 2.25. The number of amides is 2. The normalized spacial score (nSPS) is 12.6. The molecule has 3 aromatic heterocycles. The molecular formula is C49H67N15O6. The first kappa shape index (κ1) is 53.4. The number of esters is 1. The molecule has 374 valence electrons. The predicted molar refractivity (Wildman–Crippen MR) is 271 cm³/mol. The fraction of sp³-hybridized carbons (Fsp3) is 0.469. The molecule has 0 aliphatic carbocycles. The van der Waals surface area contributed by atoms with Gasteiger partial charge < -0.3 is 45.7 Å². The summed E-state index contributed by atoms with van der Waals surface area (Å²) in [4.78, 5) is 75.9. The topological polar surface area (TPSA) is 258 Å². The predicted octanol–water partition coefficient (Wildman–Crippen LogP) is 7.38. The Morgan fingerprint density at radius 3 is 1.57 bits per heavy atom. The van der Waals surface area contributed by atoms with Gasteiger partial charge in [-0.2, -0.15) is 39.9 Å². The molecule has 2 aliphatic heterocycles. The van der Waals surface area contributed by atoms with Gasteiger partial charge in [-0.05, 0) is 55.7 Å². The summed E-state index contributed by atoms with van der Waals surface area (Å²) in [5.41, 5.74) is 4.60. The van der Waals surface area contributed by atoms with Gasteiger partial charge in [0, 0.05) is 64.7 Å². The van der Waals surface area contributed by atoms with Gasteiger partial charge in [-0.3, -0.25) is 9.59 Å². The second-order valence-corrected chi connectivity index (χ2v) is 19.2. The number of carbonyl (C=O) groups is 3. The van der Waals surface area contributed by atoms with Gasteiger partial charge in [-0.15, -0.1) is 4.98 Å². The van der Waals surface area contributed by atoms with E-state index in [9.17, 15) is 14.4 Å². The van der Waals surface area contributed by atoms with E-state index in [-0.39, 0.29) is 46.7 Å². The molecule has 5 N–H and O–H groups in total. The monoisotopic (exact) mass is 962 g/mol. The van der Waals surface area contributed by atoms with E-state index in [0.717, 1.165) is 58.9 Å². The summed E-state index contributed by atoms with van der Waals surface area (Å²) in [5.74, 6) is 3.62. The van der Waals surface area contributed by atoms with Crippen molar-refractivity contribution >= 4 is 64.3 Å². The van der Waals surface area contributed by atoms with Gasteiger partial charge in [0.15, 0.2) is 0 Å². The van der Waals surface area contributed by atoms with Crippen molar-refractivity contribution in [2.24, 2.45) is 0 Å². The van der Waals surface area contributed by atoms with Crippen LogP contribution in [0.2, 0.25) is 0 Å². The number of hydrogen-bond donors (Lipinski definition) is 5. The number of aromatic nitrogens is 9. The largest absolute Gasteiger partial charge is 0.467 e. The van der Waals surface area contributed by atoms with E-state index >= 15 is 0 Å². The Bertz CT molecular complexity index is 2630. The third-order valence-corrected chi connectivity index (χ3v) is 10.3. The van der Waals surface area contributed by atoms with Crippen LogP contribution in [0.5, 0.6) is 12.0 Å². The Labute approximate surface area is 409 Å². The zero-order valence-corrected chi connectivity index (χ0v) is 42.6. The van der Waals surface area contributed by atoms with Gasteiger partial charge in [-0.25, -0.2) is 4.79 Å². The number of methoxy groups -OCH3 is 2. The molecule has 0 bridgehead atoms. The first-order valence-electron chi connectivity index (χ1n) is 23.1. The molecule has 0 fully saturated rings. The Morgan fingerprint density at radius 2 is 1.11 bits per heavy atom. The molecule has 0 saturated carbocycles.